The number of nitrogens with two attached hydrogens (primary N) is 1. The van der Waals surface area contributed by atoms with Crippen LogP contribution < -0.4 is 5.73 Å². The third-order valence-corrected chi connectivity index (χ3v) is 0.827. The van der Waals surface area contributed by atoms with Crippen molar-refractivity contribution in [3.63, 3.8) is 0 Å². The summed E-state index contributed by atoms with van der Waals surface area (Å²) in [5.74, 6) is 0. The van der Waals surface area contributed by atoms with Crippen LogP contribution in [0.25, 0.3) is 0 Å². The van der Waals surface area contributed by atoms with E-state index >= 15 is 0 Å². The Balaban J connectivity index is 0. The van der Waals surface area contributed by atoms with E-state index in [0.29, 0.717) is 0 Å². The van der Waals surface area contributed by atoms with E-state index in [4.69, 9.17) is 9.53 Å². The van der Waals surface area contributed by atoms with E-state index < -0.39 is 11.2 Å². The predicted molar refractivity (Wildman–Crippen MR) is 50.3 cm³/mol. The molecule has 4 nitrogen and oxygen atoms in total. The molecule has 0 radical (unpaired) electrons. The molecule has 0 aromatic carbocycles. The Bertz CT molecular complexity index is 76.4. The zero-order valence-electron chi connectivity index (χ0n) is 7.62. The molecule has 5 heteroatoms. The Morgan fingerprint density at radius 1 is 1.42 bits per heavy atom. The minimum absolute atomic E-state index is 0.250. The van der Waals surface area contributed by atoms with Crippen LogP contribution in [-0.2, 0) is 20.7 Å². The highest BCUT2D eigenvalue weighted by molar-refractivity contribution is 7.89. The zero-order chi connectivity index (χ0) is 9.82. The number of hydrogen-bond donors (Lipinski definition) is 1. The summed E-state index contributed by atoms with van der Waals surface area (Å²) in [5.41, 5.74) is 4.17. The second-order valence-electron chi connectivity index (χ2n) is 2.20. The lowest BCUT2D eigenvalue weighted by atomic mass is 10.4. The van der Waals surface area contributed by atoms with Gasteiger partial charge in [-0.25, -0.2) is 0 Å². The fourth-order valence-corrected chi connectivity index (χ4v) is 0.510. The van der Waals surface area contributed by atoms with Crippen LogP contribution in [0.2, 0.25) is 0 Å². The number of carbonyl (C=O) groups is 1. The molecule has 0 bridgehead atoms. The van der Waals surface area contributed by atoms with E-state index in [9.17, 15) is 4.55 Å². The molecule has 0 unspecified atom stereocenters. The molecular weight excluding hydrogens is 178 g/mol. The largest absolute Gasteiger partial charge is 0.617 e. The minimum Gasteiger partial charge on any atom is -0.617 e. The van der Waals surface area contributed by atoms with Gasteiger partial charge in [-0.3, -0.25) is 4.79 Å². The maximum absolute atomic E-state index is 9.56. The second kappa shape index (κ2) is 13.3. The molecule has 0 aromatic heterocycles. The van der Waals surface area contributed by atoms with Crippen LogP contribution in [-0.4, -0.2) is 36.7 Å². The lowest BCUT2D eigenvalue weighted by Gasteiger charge is -1.87. The molecule has 1 fully saturated rings. The number of hydrogen-bond acceptors (Lipinski definition) is 3. The van der Waals surface area contributed by atoms with Crippen molar-refractivity contribution in [2.45, 2.75) is 12.8 Å². The van der Waals surface area contributed by atoms with Crippen molar-refractivity contribution in [3.05, 3.63) is 0 Å². The standard InChI is InChI=1S/C4H8O.C2H6OS.CH3NO/c1-2-4-5-3-1;1-4(2)3;2-1-3/h1-4H2;1-2H3;1H,(H2,2,3). The average Bonchev–Trinajstić information content (AvgIpc) is 2.40. The van der Waals surface area contributed by atoms with Gasteiger partial charge in [0, 0.05) is 13.2 Å². The van der Waals surface area contributed by atoms with Crippen molar-refractivity contribution in [2.75, 3.05) is 25.7 Å². The highest BCUT2D eigenvalue weighted by Gasteiger charge is 1.94. The summed E-state index contributed by atoms with van der Waals surface area (Å²) in [4.78, 5) is 8.58. The highest BCUT2D eigenvalue weighted by atomic mass is 32.2. The molecule has 74 valence electrons. The summed E-state index contributed by atoms with van der Waals surface area (Å²) in [6.45, 7) is 2.00. The molecular formula is C7H17NO3S. The normalized spacial score (nSPS) is 14.0. The van der Waals surface area contributed by atoms with Gasteiger partial charge in [-0.2, -0.15) is 0 Å². The number of primary amides is 1. The summed E-state index contributed by atoms with van der Waals surface area (Å²) in [5, 5.41) is 0. The fraction of sp³-hybridized carbons (Fsp3) is 0.857. The number of ether oxygens (including phenoxy) is 1. The van der Waals surface area contributed by atoms with Gasteiger partial charge in [-0.15, -0.1) is 0 Å². The molecule has 0 atom stereocenters. The molecule has 0 saturated carbocycles. The van der Waals surface area contributed by atoms with Crippen LogP contribution >= 0.6 is 0 Å². The molecule has 1 aliphatic rings. The summed E-state index contributed by atoms with van der Waals surface area (Å²) >= 11 is -0.611. The molecule has 1 amide bonds. The topological polar surface area (TPSA) is 75.4 Å². The van der Waals surface area contributed by atoms with Gasteiger partial charge in [-0.05, 0) is 12.8 Å². The van der Waals surface area contributed by atoms with Crippen molar-refractivity contribution >= 4 is 17.6 Å². The molecule has 1 saturated heterocycles. The van der Waals surface area contributed by atoms with E-state index in [1.807, 2.05) is 0 Å². The van der Waals surface area contributed by atoms with Gasteiger partial charge in [0.1, 0.15) is 0 Å². The Morgan fingerprint density at radius 3 is 1.75 bits per heavy atom. The number of carbonyl (C=O) groups excluding carboxylic acids is 1. The van der Waals surface area contributed by atoms with Gasteiger partial charge in [0.2, 0.25) is 6.41 Å². The lowest BCUT2D eigenvalue weighted by molar-refractivity contribution is -0.106. The summed E-state index contributed by atoms with van der Waals surface area (Å²) in [6.07, 6.45) is 6.08. The smallest absolute Gasteiger partial charge is 0.204 e. The van der Waals surface area contributed by atoms with Crippen LogP contribution in [0.4, 0.5) is 0 Å². The molecule has 12 heavy (non-hydrogen) atoms. The summed E-state index contributed by atoms with van der Waals surface area (Å²) < 4.78 is 14.5. The van der Waals surface area contributed by atoms with E-state index in [1.54, 1.807) is 12.5 Å². The average molecular weight is 195 g/mol. The Kier molecular flexibility index (Phi) is 15.9. The first-order valence-electron chi connectivity index (χ1n) is 3.63. The summed E-state index contributed by atoms with van der Waals surface area (Å²) in [7, 11) is 0. The molecule has 0 aromatic rings. The third-order valence-electron chi connectivity index (χ3n) is 0.827. The molecule has 1 aliphatic heterocycles. The Labute approximate surface area is 76.6 Å². The molecule has 0 aliphatic carbocycles. The van der Waals surface area contributed by atoms with Crippen LogP contribution in [0.1, 0.15) is 12.8 Å². The molecule has 1 rings (SSSR count). The van der Waals surface area contributed by atoms with Crippen molar-refractivity contribution < 1.29 is 14.1 Å². The maximum atomic E-state index is 9.56. The van der Waals surface area contributed by atoms with Gasteiger partial charge in [-0.1, -0.05) is 11.2 Å². The SMILES string of the molecule is C1CCOC1.C[S+](C)[O-].NC=O. The van der Waals surface area contributed by atoms with Crippen LogP contribution in [0, 0.1) is 0 Å². The van der Waals surface area contributed by atoms with Crippen LogP contribution in [0.5, 0.6) is 0 Å². The quantitative estimate of drug-likeness (QED) is 0.433. The number of rotatable bonds is 0. The zero-order valence-corrected chi connectivity index (χ0v) is 8.43. The van der Waals surface area contributed by atoms with E-state index in [1.165, 1.54) is 12.8 Å². The van der Waals surface area contributed by atoms with E-state index in [2.05, 4.69) is 5.73 Å². The van der Waals surface area contributed by atoms with E-state index in [0.717, 1.165) is 13.2 Å². The van der Waals surface area contributed by atoms with Crippen molar-refractivity contribution in [1.29, 1.82) is 0 Å². The van der Waals surface area contributed by atoms with Crippen LogP contribution in [0.15, 0.2) is 0 Å². The van der Waals surface area contributed by atoms with Crippen molar-refractivity contribution in [2.24, 2.45) is 5.73 Å². The number of amides is 1. The Hall–Kier alpha value is -0.260. The van der Waals surface area contributed by atoms with Crippen molar-refractivity contribution in [3.8, 4) is 0 Å². The molecule has 0 spiro atoms. The van der Waals surface area contributed by atoms with Gasteiger partial charge < -0.3 is 15.0 Å². The summed E-state index contributed by atoms with van der Waals surface area (Å²) in [6, 6.07) is 0. The lowest BCUT2D eigenvalue weighted by Crippen LogP contribution is -1.86. The third kappa shape index (κ3) is 33.1. The minimum atomic E-state index is -0.611. The fourth-order valence-electron chi connectivity index (χ4n) is 0.510. The van der Waals surface area contributed by atoms with Gasteiger partial charge in [0.25, 0.3) is 0 Å². The first-order valence-corrected chi connectivity index (χ1v) is 5.60. The monoisotopic (exact) mass is 195 g/mol. The predicted octanol–water partition coefficient (Wildman–Crippen LogP) is -0.107. The second-order valence-corrected chi connectivity index (χ2v) is 3.68. The van der Waals surface area contributed by atoms with Gasteiger partial charge >= 0.3 is 0 Å². The maximum Gasteiger partial charge on any atom is 0.204 e. The first-order chi connectivity index (χ1) is 5.65. The van der Waals surface area contributed by atoms with E-state index in [-0.39, 0.29) is 6.41 Å². The van der Waals surface area contributed by atoms with Crippen LogP contribution in [0.3, 0.4) is 0 Å². The van der Waals surface area contributed by atoms with Gasteiger partial charge in [0.15, 0.2) is 0 Å². The van der Waals surface area contributed by atoms with Gasteiger partial charge in [0.05, 0.1) is 12.5 Å². The Morgan fingerprint density at radius 2 is 1.67 bits per heavy atom. The highest BCUT2D eigenvalue weighted by Crippen LogP contribution is 1.98. The molecule has 2 N–H and O–H groups in total. The van der Waals surface area contributed by atoms with Crippen molar-refractivity contribution in [1.82, 2.24) is 0 Å². The first kappa shape index (κ1) is 14.3. The molecule has 1 heterocycles.